The molecule has 1 rings (SSSR count). The zero-order valence-corrected chi connectivity index (χ0v) is 17.7. The van der Waals surface area contributed by atoms with Gasteiger partial charge in [0.05, 0.1) is 12.7 Å². The molecule has 1 unspecified atom stereocenters. The van der Waals surface area contributed by atoms with E-state index in [4.69, 9.17) is 8.92 Å². The van der Waals surface area contributed by atoms with Crippen LogP contribution >= 0.6 is 0 Å². The Labute approximate surface area is 154 Å². The lowest BCUT2D eigenvalue weighted by molar-refractivity contribution is 0.0689. The van der Waals surface area contributed by atoms with Crippen molar-refractivity contribution in [2.24, 2.45) is 0 Å². The van der Waals surface area contributed by atoms with Crippen LogP contribution in [-0.4, -0.2) is 27.7 Å². The molecule has 0 saturated heterocycles. The molecule has 0 aromatic heterocycles. The van der Waals surface area contributed by atoms with Gasteiger partial charge < -0.3 is 4.74 Å². The van der Waals surface area contributed by atoms with E-state index in [0.29, 0.717) is 17.4 Å². The van der Waals surface area contributed by atoms with Crippen LogP contribution in [0.4, 0.5) is 0 Å². The summed E-state index contributed by atoms with van der Waals surface area (Å²) in [6, 6.07) is 4.04. The Morgan fingerprint density at radius 2 is 1.36 bits per heavy atom. The molecule has 0 aliphatic rings. The Morgan fingerprint density at radius 1 is 0.880 bits per heavy atom. The summed E-state index contributed by atoms with van der Waals surface area (Å²) < 4.78 is 36.9. The Bertz CT molecular complexity index is 631. The minimum absolute atomic E-state index is 0.0896. The van der Waals surface area contributed by atoms with Crippen molar-refractivity contribution in [3.63, 3.8) is 0 Å². The fourth-order valence-electron chi connectivity index (χ4n) is 2.75. The third-order valence-corrected chi connectivity index (χ3v) is 5.73. The molecule has 0 fully saturated rings. The zero-order chi connectivity index (χ0) is 19.4. The SMILES string of the molecule is CCOCC(C)OS(=O)(=O)c1c(C(C)C)cc(C(C)C)cc1C(C)C. The van der Waals surface area contributed by atoms with Crippen molar-refractivity contribution < 1.29 is 17.3 Å². The predicted molar refractivity (Wildman–Crippen MR) is 103 cm³/mol. The molecular weight excluding hydrogens is 336 g/mol. The number of hydrogen-bond donors (Lipinski definition) is 0. The van der Waals surface area contributed by atoms with Gasteiger partial charge in [-0.2, -0.15) is 8.42 Å². The van der Waals surface area contributed by atoms with Gasteiger partial charge in [0.25, 0.3) is 10.1 Å². The van der Waals surface area contributed by atoms with Crippen LogP contribution in [0.1, 0.15) is 89.8 Å². The second-order valence-corrected chi connectivity index (χ2v) is 9.02. The summed E-state index contributed by atoms with van der Waals surface area (Å²) in [5, 5.41) is 0. The molecular formula is C20H34O4S. The van der Waals surface area contributed by atoms with E-state index in [9.17, 15) is 8.42 Å². The smallest absolute Gasteiger partial charge is 0.297 e. The normalized spacial score (nSPS) is 13.9. The summed E-state index contributed by atoms with van der Waals surface area (Å²) in [6.07, 6.45) is -0.519. The maximum atomic E-state index is 13.1. The number of benzene rings is 1. The largest absolute Gasteiger partial charge is 0.379 e. The molecule has 144 valence electrons. The van der Waals surface area contributed by atoms with Gasteiger partial charge in [0.15, 0.2) is 0 Å². The fourth-order valence-corrected chi connectivity index (χ4v) is 4.51. The monoisotopic (exact) mass is 370 g/mol. The third kappa shape index (κ3) is 5.80. The molecule has 0 bridgehead atoms. The Morgan fingerprint density at radius 3 is 1.72 bits per heavy atom. The highest BCUT2D eigenvalue weighted by atomic mass is 32.2. The molecule has 0 spiro atoms. The van der Waals surface area contributed by atoms with Crippen LogP contribution in [0.5, 0.6) is 0 Å². The number of ether oxygens (including phenoxy) is 1. The average molecular weight is 371 g/mol. The summed E-state index contributed by atoms with van der Waals surface area (Å²) in [5.74, 6) is 0.517. The van der Waals surface area contributed by atoms with Gasteiger partial charge in [-0.1, -0.05) is 53.7 Å². The van der Waals surface area contributed by atoms with Crippen molar-refractivity contribution >= 4 is 10.1 Å². The van der Waals surface area contributed by atoms with E-state index in [1.807, 2.05) is 46.8 Å². The Hall–Kier alpha value is -0.910. The summed E-state index contributed by atoms with van der Waals surface area (Å²) in [7, 11) is -3.86. The van der Waals surface area contributed by atoms with Gasteiger partial charge in [-0.15, -0.1) is 0 Å². The fraction of sp³-hybridized carbons (Fsp3) is 0.700. The van der Waals surface area contributed by atoms with Crippen LogP contribution in [0.25, 0.3) is 0 Å². The van der Waals surface area contributed by atoms with Crippen LogP contribution in [0.3, 0.4) is 0 Å². The van der Waals surface area contributed by atoms with Crippen molar-refractivity contribution in [2.45, 2.75) is 84.1 Å². The van der Waals surface area contributed by atoms with E-state index in [1.54, 1.807) is 6.92 Å². The van der Waals surface area contributed by atoms with E-state index in [-0.39, 0.29) is 18.4 Å². The van der Waals surface area contributed by atoms with E-state index < -0.39 is 16.2 Å². The summed E-state index contributed by atoms with van der Waals surface area (Å²) >= 11 is 0. The summed E-state index contributed by atoms with van der Waals surface area (Å²) in [6.45, 7) is 16.7. The van der Waals surface area contributed by atoms with E-state index >= 15 is 0 Å². The topological polar surface area (TPSA) is 52.6 Å². The Kier molecular flexibility index (Phi) is 8.10. The minimum Gasteiger partial charge on any atom is -0.379 e. The molecule has 0 radical (unpaired) electrons. The predicted octanol–water partition coefficient (Wildman–Crippen LogP) is 5.19. The highest BCUT2D eigenvalue weighted by Gasteiger charge is 2.29. The number of rotatable bonds is 9. The molecule has 0 aliphatic carbocycles. The molecule has 5 heteroatoms. The van der Waals surface area contributed by atoms with Crippen molar-refractivity contribution in [2.75, 3.05) is 13.2 Å². The van der Waals surface area contributed by atoms with E-state index in [2.05, 4.69) is 13.8 Å². The molecule has 0 heterocycles. The lowest BCUT2D eigenvalue weighted by Gasteiger charge is -2.23. The maximum absolute atomic E-state index is 13.1. The first-order chi connectivity index (χ1) is 11.5. The molecule has 0 aliphatic heterocycles. The first-order valence-corrected chi connectivity index (χ1v) is 10.6. The van der Waals surface area contributed by atoms with Crippen molar-refractivity contribution in [1.82, 2.24) is 0 Å². The maximum Gasteiger partial charge on any atom is 0.297 e. The van der Waals surface area contributed by atoms with Crippen LogP contribution in [0, 0.1) is 0 Å². The van der Waals surface area contributed by atoms with Gasteiger partial charge in [0.1, 0.15) is 4.90 Å². The highest BCUT2D eigenvalue weighted by molar-refractivity contribution is 7.86. The second-order valence-electron chi connectivity index (χ2n) is 7.51. The van der Waals surface area contributed by atoms with Crippen LogP contribution in [0.2, 0.25) is 0 Å². The van der Waals surface area contributed by atoms with E-state index in [0.717, 1.165) is 16.7 Å². The highest BCUT2D eigenvalue weighted by Crippen LogP contribution is 2.36. The first kappa shape index (κ1) is 22.1. The molecule has 1 aromatic rings. The van der Waals surface area contributed by atoms with Crippen molar-refractivity contribution in [3.8, 4) is 0 Å². The van der Waals surface area contributed by atoms with Crippen LogP contribution in [0.15, 0.2) is 17.0 Å². The molecule has 1 aromatic carbocycles. The van der Waals surface area contributed by atoms with Gasteiger partial charge in [-0.05, 0) is 48.3 Å². The lowest BCUT2D eigenvalue weighted by Crippen LogP contribution is -2.23. The Balaban J connectivity index is 3.49. The summed E-state index contributed by atoms with van der Waals surface area (Å²) in [4.78, 5) is 0.338. The van der Waals surface area contributed by atoms with E-state index in [1.165, 1.54) is 0 Å². The average Bonchev–Trinajstić information content (AvgIpc) is 2.50. The van der Waals surface area contributed by atoms with Crippen molar-refractivity contribution in [3.05, 3.63) is 28.8 Å². The summed E-state index contributed by atoms with van der Waals surface area (Å²) in [5.41, 5.74) is 2.82. The minimum atomic E-state index is -3.86. The van der Waals surface area contributed by atoms with Gasteiger partial charge >= 0.3 is 0 Å². The first-order valence-electron chi connectivity index (χ1n) is 9.19. The van der Waals surface area contributed by atoms with Gasteiger partial charge in [-0.3, -0.25) is 4.18 Å². The molecule has 4 nitrogen and oxygen atoms in total. The molecule has 0 N–H and O–H groups in total. The van der Waals surface area contributed by atoms with Gasteiger partial charge in [-0.25, -0.2) is 0 Å². The van der Waals surface area contributed by atoms with Gasteiger partial charge in [0, 0.05) is 6.61 Å². The zero-order valence-electron chi connectivity index (χ0n) is 16.9. The third-order valence-electron chi connectivity index (χ3n) is 4.18. The van der Waals surface area contributed by atoms with Crippen LogP contribution in [-0.2, 0) is 19.0 Å². The lowest BCUT2D eigenvalue weighted by atomic mass is 9.89. The molecule has 0 amide bonds. The standard InChI is InChI=1S/C20H34O4S/c1-9-23-12-16(8)24-25(21,22)20-18(14(4)5)10-17(13(2)3)11-19(20)15(6)7/h10-11,13-16H,9,12H2,1-8H3. The molecule has 25 heavy (non-hydrogen) atoms. The quantitative estimate of drug-likeness (QED) is 0.562. The second kappa shape index (κ2) is 9.15. The molecule has 1 atom stereocenters. The molecule has 0 saturated carbocycles. The van der Waals surface area contributed by atoms with Crippen molar-refractivity contribution in [1.29, 1.82) is 0 Å². The van der Waals surface area contributed by atoms with Crippen LogP contribution < -0.4 is 0 Å². The van der Waals surface area contributed by atoms with Gasteiger partial charge in [0.2, 0.25) is 0 Å². The number of hydrogen-bond acceptors (Lipinski definition) is 4.